The van der Waals surface area contributed by atoms with Crippen LogP contribution in [0.15, 0.2) is 18.2 Å². The summed E-state index contributed by atoms with van der Waals surface area (Å²) in [6, 6.07) is 4.55. The molecule has 0 aliphatic carbocycles. The Hall–Kier alpha value is -1.55. The van der Waals surface area contributed by atoms with Crippen LogP contribution in [0.25, 0.3) is 0 Å². The van der Waals surface area contributed by atoms with Crippen molar-refractivity contribution in [2.75, 3.05) is 19.0 Å². The second kappa shape index (κ2) is 6.75. The quantitative estimate of drug-likeness (QED) is 0.563. The minimum absolute atomic E-state index is 0.416. The van der Waals surface area contributed by atoms with Crippen molar-refractivity contribution in [3.63, 3.8) is 0 Å². The van der Waals surface area contributed by atoms with Gasteiger partial charge in [0.2, 0.25) is 0 Å². The zero-order valence-electron chi connectivity index (χ0n) is 10.9. The number of benzene rings is 1. The second-order valence-corrected chi connectivity index (χ2v) is 5.48. The Morgan fingerprint density at radius 2 is 2.10 bits per heavy atom. The van der Waals surface area contributed by atoms with Gasteiger partial charge < -0.3 is 25.6 Å². The van der Waals surface area contributed by atoms with E-state index in [4.69, 9.17) is 9.84 Å². The first-order valence-electron chi connectivity index (χ1n) is 5.60. The number of carbonyl (C=O) groups excluding carboxylic acids is 1. The summed E-state index contributed by atoms with van der Waals surface area (Å²) in [5.74, 6) is -0.929. The van der Waals surface area contributed by atoms with Crippen LogP contribution in [0.2, 0.25) is 0 Å². The number of methoxy groups -OCH3 is 1. The van der Waals surface area contributed by atoms with Gasteiger partial charge in [0.1, 0.15) is 5.75 Å². The third-order valence-corrected chi connectivity index (χ3v) is 3.14. The summed E-state index contributed by atoms with van der Waals surface area (Å²) in [5.41, 5.74) is -1.58. The van der Waals surface area contributed by atoms with Crippen molar-refractivity contribution < 1.29 is 24.5 Å². The number of hydrogen-bond acceptors (Lipinski definition) is 4. The molecule has 0 saturated carbocycles. The van der Waals surface area contributed by atoms with Crippen LogP contribution in [0.5, 0.6) is 5.75 Å². The number of halogens is 1. The number of carboxylic acid groups (broad SMARTS) is 1. The Morgan fingerprint density at radius 1 is 1.45 bits per heavy atom. The third-order valence-electron chi connectivity index (χ3n) is 2.47. The van der Waals surface area contributed by atoms with Crippen molar-refractivity contribution in [2.24, 2.45) is 0 Å². The van der Waals surface area contributed by atoms with E-state index in [1.165, 1.54) is 7.11 Å². The number of urea groups is 1. The normalized spacial score (nSPS) is 13.2. The maximum absolute atomic E-state index is 11.7. The smallest absolute Gasteiger partial charge is 0.337 e. The Balaban J connectivity index is 2.66. The molecule has 0 saturated heterocycles. The molecular weight excluding hydrogens is 379 g/mol. The summed E-state index contributed by atoms with van der Waals surface area (Å²) in [6.07, 6.45) is 0. The maximum atomic E-state index is 11.7. The molecule has 0 aromatic heterocycles. The summed E-state index contributed by atoms with van der Waals surface area (Å²) in [6.45, 7) is 0.682. The molecule has 1 aromatic carbocycles. The minimum Gasteiger partial charge on any atom is -0.495 e. The van der Waals surface area contributed by atoms with Crippen LogP contribution in [-0.4, -0.2) is 41.5 Å². The van der Waals surface area contributed by atoms with Crippen LogP contribution in [0.4, 0.5) is 10.5 Å². The summed E-state index contributed by atoms with van der Waals surface area (Å²) in [5, 5.41) is 23.0. The number of amides is 2. The summed E-state index contributed by atoms with van der Waals surface area (Å²) >= 11 is 2.11. The molecule has 2 amide bonds. The molecular formula is C12H15IN2O5. The van der Waals surface area contributed by atoms with E-state index in [2.05, 4.69) is 33.2 Å². The van der Waals surface area contributed by atoms with Crippen LogP contribution in [0.3, 0.4) is 0 Å². The lowest BCUT2D eigenvalue weighted by Crippen LogP contribution is -2.47. The highest BCUT2D eigenvalue weighted by Gasteiger charge is 2.30. The number of anilines is 1. The molecule has 7 nitrogen and oxygen atoms in total. The maximum Gasteiger partial charge on any atom is 0.337 e. The van der Waals surface area contributed by atoms with Gasteiger partial charge in [-0.3, -0.25) is 0 Å². The van der Waals surface area contributed by atoms with Crippen LogP contribution in [-0.2, 0) is 4.79 Å². The molecule has 110 valence electrons. The number of nitrogens with one attached hydrogen (secondary N) is 2. The van der Waals surface area contributed by atoms with Crippen molar-refractivity contribution in [3.8, 4) is 5.75 Å². The van der Waals surface area contributed by atoms with Crippen molar-refractivity contribution in [3.05, 3.63) is 21.8 Å². The fraction of sp³-hybridized carbons (Fsp3) is 0.333. The largest absolute Gasteiger partial charge is 0.495 e. The van der Waals surface area contributed by atoms with Crippen molar-refractivity contribution in [1.82, 2.24) is 5.32 Å². The molecule has 0 heterocycles. The first-order chi connectivity index (χ1) is 9.26. The van der Waals surface area contributed by atoms with Crippen LogP contribution < -0.4 is 15.4 Å². The third kappa shape index (κ3) is 4.53. The lowest BCUT2D eigenvalue weighted by molar-refractivity contribution is -0.155. The SMILES string of the molecule is COc1cc(I)ccc1NC(=O)NCC(C)(O)C(=O)O. The molecule has 0 radical (unpaired) electrons. The molecule has 0 aliphatic rings. The molecule has 8 heteroatoms. The van der Waals surface area contributed by atoms with Gasteiger partial charge in [0.25, 0.3) is 0 Å². The Kier molecular flexibility index (Phi) is 5.57. The lowest BCUT2D eigenvalue weighted by atomic mass is 10.1. The number of rotatable bonds is 5. The molecule has 1 rings (SSSR count). The van der Waals surface area contributed by atoms with Gasteiger partial charge in [0, 0.05) is 3.57 Å². The summed E-state index contributed by atoms with van der Waals surface area (Å²) in [4.78, 5) is 22.3. The average Bonchev–Trinajstić information content (AvgIpc) is 2.38. The highest BCUT2D eigenvalue weighted by molar-refractivity contribution is 14.1. The predicted molar refractivity (Wildman–Crippen MR) is 81.0 cm³/mol. The van der Waals surface area contributed by atoms with Gasteiger partial charge in [-0.1, -0.05) is 0 Å². The van der Waals surface area contributed by atoms with E-state index in [1.54, 1.807) is 18.2 Å². The minimum atomic E-state index is -2.02. The number of carbonyl (C=O) groups is 2. The highest BCUT2D eigenvalue weighted by atomic mass is 127. The van der Waals surface area contributed by atoms with Gasteiger partial charge >= 0.3 is 12.0 Å². The van der Waals surface area contributed by atoms with Gasteiger partial charge in [-0.25, -0.2) is 9.59 Å². The number of hydrogen-bond donors (Lipinski definition) is 4. The Labute approximate surface area is 129 Å². The molecule has 0 spiro atoms. The first kappa shape index (κ1) is 16.5. The number of carboxylic acids is 1. The zero-order valence-corrected chi connectivity index (χ0v) is 13.1. The van der Waals surface area contributed by atoms with Crippen LogP contribution in [0.1, 0.15) is 6.92 Å². The molecule has 1 atom stereocenters. The van der Waals surface area contributed by atoms with Crippen molar-refractivity contribution in [2.45, 2.75) is 12.5 Å². The van der Waals surface area contributed by atoms with E-state index < -0.39 is 24.1 Å². The van der Waals surface area contributed by atoms with Crippen LogP contribution in [0, 0.1) is 3.57 Å². The topological polar surface area (TPSA) is 108 Å². The van der Waals surface area contributed by atoms with E-state index in [0.717, 1.165) is 10.5 Å². The van der Waals surface area contributed by atoms with Crippen molar-refractivity contribution in [1.29, 1.82) is 0 Å². The molecule has 0 bridgehead atoms. The predicted octanol–water partition coefficient (Wildman–Crippen LogP) is 1.26. The average molecular weight is 394 g/mol. The molecule has 1 unspecified atom stereocenters. The van der Waals surface area contributed by atoms with Gasteiger partial charge in [-0.2, -0.15) is 0 Å². The first-order valence-corrected chi connectivity index (χ1v) is 6.68. The number of aliphatic carboxylic acids is 1. The molecule has 0 fully saturated rings. The molecule has 4 N–H and O–H groups in total. The Morgan fingerprint density at radius 3 is 2.65 bits per heavy atom. The van der Waals surface area contributed by atoms with E-state index in [0.29, 0.717) is 11.4 Å². The van der Waals surface area contributed by atoms with E-state index >= 15 is 0 Å². The van der Waals surface area contributed by atoms with Crippen LogP contribution >= 0.6 is 22.6 Å². The number of aliphatic hydroxyl groups is 1. The molecule has 0 aliphatic heterocycles. The fourth-order valence-electron chi connectivity index (χ4n) is 1.26. The standard InChI is InChI=1S/C12H15IN2O5/c1-12(19,10(16)17)6-14-11(18)15-8-4-3-7(13)5-9(8)20-2/h3-5,19H,6H2,1-2H3,(H,16,17)(H2,14,15,18). The lowest BCUT2D eigenvalue weighted by Gasteiger charge is -2.18. The molecule has 1 aromatic rings. The number of ether oxygens (including phenoxy) is 1. The highest BCUT2D eigenvalue weighted by Crippen LogP contribution is 2.26. The van der Waals surface area contributed by atoms with E-state index in [1.807, 2.05) is 0 Å². The monoisotopic (exact) mass is 394 g/mol. The summed E-state index contributed by atoms with van der Waals surface area (Å²) in [7, 11) is 1.48. The van der Waals surface area contributed by atoms with E-state index in [-0.39, 0.29) is 0 Å². The van der Waals surface area contributed by atoms with Gasteiger partial charge in [0.05, 0.1) is 19.3 Å². The van der Waals surface area contributed by atoms with E-state index in [9.17, 15) is 14.7 Å². The van der Waals surface area contributed by atoms with Gasteiger partial charge in [-0.15, -0.1) is 0 Å². The van der Waals surface area contributed by atoms with Gasteiger partial charge in [-0.05, 0) is 47.7 Å². The zero-order chi connectivity index (χ0) is 15.3. The Bertz CT molecular complexity index is 519. The van der Waals surface area contributed by atoms with Crippen molar-refractivity contribution >= 4 is 40.3 Å². The molecule has 20 heavy (non-hydrogen) atoms. The second-order valence-electron chi connectivity index (χ2n) is 4.23. The fourth-order valence-corrected chi connectivity index (χ4v) is 1.73. The van der Waals surface area contributed by atoms with Gasteiger partial charge in [0.15, 0.2) is 5.60 Å². The summed E-state index contributed by atoms with van der Waals surface area (Å²) < 4.78 is 6.06.